The Morgan fingerprint density at radius 2 is 1.97 bits per heavy atom. The van der Waals surface area contributed by atoms with Crippen LogP contribution in [0.1, 0.15) is 45.6 Å². The molecule has 1 atom stereocenters. The fourth-order valence-corrected chi connectivity index (χ4v) is 5.76. The standard InChI is InChI=1S/C28H34ClN7O/c1-4-20-6-5-11-31-26(20)24-18(2)14-35(28-25(24)27(30)32-17-33-28)16-23(37)36-13-12-34(15-19(36)3)22-9-7-21(29)8-10-22/h7-11,17,19H,4-6,12-16H2,1-3H3,(H2,30,32,33). The Morgan fingerprint density at radius 3 is 2.70 bits per heavy atom. The molecule has 2 N–H and O–H groups in total. The molecular weight excluding hydrogens is 486 g/mol. The van der Waals surface area contributed by atoms with Gasteiger partial charge in [0.05, 0.1) is 17.8 Å². The zero-order valence-corrected chi connectivity index (χ0v) is 22.5. The molecule has 5 rings (SSSR count). The minimum absolute atomic E-state index is 0.0812. The highest BCUT2D eigenvalue weighted by molar-refractivity contribution is 6.30. The molecule has 0 radical (unpaired) electrons. The number of rotatable bonds is 5. The van der Waals surface area contributed by atoms with Crippen LogP contribution in [0.15, 0.2) is 52.4 Å². The molecule has 2 aromatic rings. The minimum atomic E-state index is 0.0812. The Balaban J connectivity index is 1.36. The second-order valence-electron chi connectivity index (χ2n) is 9.98. The molecule has 0 spiro atoms. The maximum absolute atomic E-state index is 13.6. The summed E-state index contributed by atoms with van der Waals surface area (Å²) >= 11 is 6.05. The van der Waals surface area contributed by atoms with Gasteiger partial charge in [-0.15, -0.1) is 0 Å². The monoisotopic (exact) mass is 519 g/mol. The van der Waals surface area contributed by atoms with Gasteiger partial charge in [-0.05, 0) is 68.5 Å². The second kappa shape index (κ2) is 10.5. The van der Waals surface area contributed by atoms with E-state index < -0.39 is 0 Å². The van der Waals surface area contributed by atoms with Gasteiger partial charge < -0.3 is 20.4 Å². The summed E-state index contributed by atoms with van der Waals surface area (Å²) in [6.07, 6.45) is 6.36. The first kappa shape index (κ1) is 25.3. The van der Waals surface area contributed by atoms with Gasteiger partial charge in [-0.3, -0.25) is 9.79 Å². The number of hydrogen-bond acceptors (Lipinski definition) is 7. The van der Waals surface area contributed by atoms with E-state index in [-0.39, 0.29) is 18.5 Å². The van der Waals surface area contributed by atoms with Gasteiger partial charge in [0.2, 0.25) is 5.91 Å². The molecule has 1 fully saturated rings. The van der Waals surface area contributed by atoms with Gasteiger partial charge in [0.15, 0.2) is 0 Å². The first-order chi connectivity index (χ1) is 17.9. The molecule has 0 bridgehead atoms. The third-order valence-corrected chi connectivity index (χ3v) is 7.77. The first-order valence-electron chi connectivity index (χ1n) is 13.0. The van der Waals surface area contributed by atoms with Crippen molar-refractivity contribution in [3.05, 3.63) is 58.0 Å². The third kappa shape index (κ3) is 4.94. The topological polar surface area (TPSA) is 91.0 Å². The van der Waals surface area contributed by atoms with E-state index in [1.807, 2.05) is 40.3 Å². The maximum atomic E-state index is 13.6. The Kier molecular flexibility index (Phi) is 7.20. The predicted molar refractivity (Wildman–Crippen MR) is 151 cm³/mol. The van der Waals surface area contributed by atoms with Crippen molar-refractivity contribution in [2.24, 2.45) is 4.99 Å². The summed E-state index contributed by atoms with van der Waals surface area (Å²) in [5, 5.41) is 0.724. The Hall–Kier alpha value is -3.39. The van der Waals surface area contributed by atoms with E-state index in [1.54, 1.807) is 0 Å². The van der Waals surface area contributed by atoms with Gasteiger partial charge in [-0.2, -0.15) is 0 Å². The van der Waals surface area contributed by atoms with Crippen LogP contribution in [-0.2, 0) is 4.79 Å². The first-order valence-corrected chi connectivity index (χ1v) is 13.4. The molecule has 8 nitrogen and oxygen atoms in total. The van der Waals surface area contributed by atoms with Crippen molar-refractivity contribution in [1.29, 1.82) is 0 Å². The molecule has 4 heterocycles. The average molecular weight is 520 g/mol. The van der Waals surface area contributed by atoms with E-state index in [9.17, 15) is 4.79 Å². The lowest BCUT2D eigenvalue weighted by Crippen LogP contribution is -2.56. The van der Waals surface area contributed by atoms with Gasteiger partial charge in [0, 0.05) is 54.7 Å². The summed E-state index contributed by atoms with van der Waals surface area (Å²) in [5.41, 5.74) is 12.8. The lowest BCUT2D eigenvalue weighted by molar-refractivity contribution is -0.132. The summed E-state index contributed by atoms with van der Waals surface area (Å²) in [4.78, 5) is 33.6. The van der Waals surface area contributed by atoms with Crippen molar-refractivity contribution in [3.63, 3.8) is 0 Å². The smallest absolute Gasteiger partial charge is 0.242 e. The van der Waals surface area contributed by atoms with E-state index in [0.717, 1.165) is 65.5 Å². The van der Waals surface area contributed by atoms with Crippen LogP contribution in [0, 0.1) is 0 Å². The molecule has 194 valence electrons. The lowest BCUT2D eigenvalue weighted by atomic mass is 9.89. The quantitative estimate of drug-likeness (QED) is 0.622. The van der Waals surface area contributed by atoms with E-state index >= 15 is 0 Å². The normalized spacial score (nSPS) is 20.0. The highest BCUT2D eigenvalue weighted by Crippen LogP contribution is 2.43. The van der Waals surface area contributed by atoms with Gasteiger partial charge in [-0.25, -0.2) is 9.97 Å². The van der Waals surface area contributed by atoms with Crippen LogP contribution in [0.4, 0.5) is 17.3 Å². The number of piperazine rings is 1. The van der Waals surface area contributed by atoms with Crippen LogP contribution >= 0.6 is 11.6 Å². The van der Waals surface area contributed by atoms with E-state index in [4.69, 9.17) is 22.3 Å². The van der Waals surface area contributed by atoms with Crippen molar-refractivity contribution in [2.75, 3.05) is 48.3 Å². The highest BCUT2D eigenvalue weighted by Gasteiger charge is 2.33. The number of carbonyl (C=O) groups is 1. The number of fused-ring (bicyclic) bond motifs is 1. The number of amides is 1. The molecule has 1 aromatic carbocycles. The Bertz CT molecular complexity index is 1280. The summed E-state index contributed by atoms with van der Waals surface area (Å²) in [6.45, 7) is 9.41. The summed E-state index contributed by atoms with van der Waals surface area (Å²) in [6, 6.07) is 7.96. The van der Waals surface area contributed by atoms with Crippen molar-refractivity contribution in [2.45, 2.75) is 46.1 Å². The molecule has 3 aliphatic heterocycles. The fourth-order valence-electron chi connectivity index (χ4n) is 5.63. The summed E-state index contributed by atoms with van der Waals surface area (Å²) < 4.78 is 0. The molecule has 1 unspecified atom stereocenters. The van der Waals surface area contributed by atoms with Gasteiger partial charge in [0.1, 0.15) is 18.0 Å². The Morgan fingerprint density at radius 1 is 1.19 bits per heavy atom. The molecule has 37 heavy (non-hydrogen) atoms. The summed E-state index contributed by atoms with van der Waals surface area (Å²) in [7, 11) is 0. The van der Waals surface area contributed by atoms with Gasteiger partial charge in [-0.1, -0.05) is 18.5 Å². The van der Waals surface area contributed by atoms with E-state index in [1.165, 1.54) is 11.9 Å². The zero-order valence-electron chi connectivity index (χ0n) is 21.7. The Labute approximate surface area is 223 Å². The fraction of sp³-hybridized carbons (Fsp3) is 0.429. The van der Waals surface area contributed by atoms with Crippen LogP contribution in [0.25, 0.3) is 5.57 Å². The predicted octanol–water partition coefficient (Wildman–Crippen LogP) is 4.57. The number of hydrogen-bond donors (Lipinski definition) is 1. The molecule has 3 aliphatic rings. The van der Waals surface area contributed by atoms with Crippen LogP contribution in [0.5, 0.6) is 0 Å². The van der Waals surface area contributed by atoms with Crippen molar-refractivity contribution < 1.29 is 4.79 Å². The zero-order chi connectivity index (χ0) is 26.1. The number of benzene rings is 1. The van der Waals surface area contributed by atoms with Crippen molar-refractivity contribution in [3.8, 4) is 0 Å². The molecule has 0 saturated carbocycles. The number of nitrogens with zero attached hydrogens (tertiary/aromatic N) is 6. The molecule has 9 heteroatoms. The lowest BCUT2D eigenvalue weighted by Gasteiger charge is -2.42. The maximum Gasteiger partial charge on any atom is 0.242 e. The van der Waals surface area contributed by atoms with E-state index in [0.29, 0.717) is 24.7 Å². The van der Waals surface area contributed by atoms with Crippen molar-refractivity contribution in [1.82, 2.24) is 14.9 Å². The molecule has 1 saturated heterocycles. The number of allylic oxidation sites excluding steroid dienone is 2. The minimum Gasteiger partial charge on any atom is -0.383 e. The summed E-state index contributed by atoms with van der Waals surface area (Å²) in [5.74, 6) is 1.22. The van der Waals surface area contributed by atoms with Crippen LogP contribution < -0.4 is 15.5 Å². The van der Waals surface area contributed by atoms with Crippen LogP contribution in [0.3, 0.4) is 0 Å². The SMILES string of the molecule is CCC1=C(C2=C(C)CN(CC(=O)N3CCN(c4ccc(Cl)cc4)CC3C)c3ncnc(N)c32)N=CCC1. The largest absolute Gasteiger partial charge is 0.383 e. The number of aromatic nitrogens is 2. The number of nitrogen functional groups attached to an aromatic ring is 1. The number of carbonyl (C=O) groups excluding carboxylic acids is 1. The average Bonchev–Trinajstić information content (AvgIpc) is 2.89. The molecular formula is C28H34ClN7O. The highest BCUT2D eigenvalue weighted by atomic mass is 35.5. The molecule has 1 aromatic heterocycles. The number of nitrogens with two attached hydrogens (primary N) is 1. The molecule has 1 amide bonds. The molecule has 0 aliphatic carbocycles. The third-order valence-electron chi connectivity index (χ3n) is 7.52. The van der Waals surface area contributed by atoms with Crippen LogP contribution in [-0.4, -0.2) is 65.8 Å². The van der Waals surface area contributed by atoms with E-state index in [2.05, 4.69) is 35.6 Å². The van der Waals surface area contributed by atoms with Gasteiger partial charge >= 0.3 is 0 Å². The van der Waals surface area contributed by atoms with Gasteiger partial charge in [0.25, 0.3) is 0 Å². The van der Waals surface area contributed by atoms with Crippen LogP contribution in [0.2, 0.25) is 5.02 Å². The second-order valence-corrected chi connectivity index (χ2v) is 10.4. The number of halogens is 1. The number of aliphatic imine (C=N–C) groups is 1. The van der Waals surface area contributed by atoms with Crippen molar-refractivity contribution >= 4 is 46.6 Å². The number of anilines is 3.